The van der Waals surface area contributed by atoms with Gasteiger partial charge in [-0.1, -0.05) is 11.6 Å². The molecule has 21 heavy (non-hydrogen) atoms. The van der Waals surface area contributed by atoms with Gasteiger partial charge in [0.2, 0.25) is 0 Å². The second-order valence-corrected chi connectivity index (χ2v) is 4.75. The van der Waals surface area contributed by atoms with Crippen molar-refractivity contribution in [1.82, 2.24) is 15.0 Å². The second kappa shape index (κ2) is 5.14. The Labute approximate surface area is 125 Å². The lowest BCUT2D eigenvalue weighted by atomic mass is 10.2. The van der Waals surface area contributed by atoms with Crippen LogP contribution in [-0.4, -0.2) is 34.3 Å². The quantitative estimate of drug-likeness (QED) is 0.806. The molecule has 3 aromatic rings. The third kappa shape index (κ3) is 2.34. The summed E-state index contributed by atoms with van der Waals surface area (Å²) in [5, 5.41) is 19.1. The van der Waals surface area contributed by atoms with Crippen LogP contribution < -0.4 is 9.47 Å². The summed E-state index contributed by atoms with van der Waals surface area (Å²) < 4.78 is 10.4. The summed E-state index contributed by atoms with van der Waals surface area (Å²) in [5.74, 6) is 0.725. The van der Waals surface area contributed by atoms with Crippen molar-refractivity contribution >= 4 is 22.6 Å². The molecule has 0 amide bonds. The lowest BCUT2D eigenvalue weighted by Crippen LogP contribution is -2.02. The van der Waals surface area contributed by atoms with E-state index in [9.17, 15) is 5.11 Å². The summed E-state index contributed by atoms with van der Waals surface area (Å²) in [6.07, 6.45) is 0. The molecule has 6 nitrogen and oxygen atoms in total. The maximum atomic E-state index is 9.80. The first-order valence-electron chi connectivity index (χ1n) is 6.10. The molecule has 1 heterocycles. The number of hydrogen-bond acceptors (Lipinski definition) is 5. The van der Waals surface area contributed by atoms with E-state index in [1.54, 1.807) is 24.3 Å². The van der Waals surface area contributed by atoms with Crippen molar-refractivity contribution < 1.29 is 14.6 Å². The van der Waals surface area contributed by atoms with E-state index in [-0.39, 0.29) is 5.75 Å². The van der Waals surface area contributed by atoms with Crippen molar-refractivity contribution in [3.05, 3.63) is 35.4 Å². The number of phenols is 1. The van der Waals surface area contributed by atoms with E-state index in [4.69, 9.17) is 21.1 Å². The first kappa shape index (κ1) is 13.5. The highest BCUT2D eigenvalue weighted by atomic mass is 35.5. The molecule has 2 aromatic carbocycles. The van der Waals surface area contributed by atoms with Crippen LogP contribution in [0.1, 0.15) is 0 Å². The van der Waals surface area contributed by atoms with Gasteiger partial charge in [0, 0.05) is 17.2 Å². The summed E-state index contributed by atoms with van der Waals surface area (Å²) in [6.45, 7) is 0. The molecule has 0 radical (unpaired) electrons. The highest BCUT2D eigenvalue weighted by molar-refractivity contribution is 6.31. The number of aromatic nitrogens is 3. The highest BCUT2D eigenvalue weighted by Crippen LogP contribution is 2.35. The lowest BCUT2D eigenvalue weighted by Gasteiger charge is -2.10. The fourth-order valence-corrected chi connectivity index (χ4v) is 2.18. The van der Waals surface area contributed by atoms with E-state index in [2.05, 4.69) is 10.2 Å². The topological polar surface area (TPSA) is 69.4 Å². The van der Waals surface area contributed by atoms with Gasteiger partial charge in [-0.2, -0.15) is 0 Å². The van der Waals surface area contributed by atoms with Crippen LogP contribution in [0.2, 0.25) is 5.02 Å². The molecular weight excluding hydrogens is 294 g/mol. The largest absolute Gasteiger partial charge is 0.504 e. The summed E-state index contributed by atoms with van der Waals surface area (Å²) in [6, 6.07) is 8.32. The molecule has 0 saturated carbocycles. The van der Waals surface area contributed by atoms with E-state index in [1.807, 2.05) is 0 Å². The smallest absolute Gasteiger partial charge is 0.162 e. The van der Waals surface area contributed by atoms with Crippen molar-refractivity contribution in [2.24, 2.45) is 0 Å². The van der Waals surface area contributed by atoms with E-state index in [0.717, 1.165) is 0 Å². The summed E-state index contributed by atoms with van der Waals surface area (Å²) >= 11 is 5.95. The zero-order chi connectivity index (χ0) is 15.0. The van der Waals surface area contributed by atoms with Gasteiger partial charge in [-0.3, -0.25) is 0 Å². The van der Waals surface area contributed by atoms with Crippen molar-refractivity contribution in [2.75, 3.05) is 14.2 Å². The van der Waals surface area contributed by atoms with Crippen LogP contribution in [0.25, 0.3) is 16.7 Å². The Bertz CT molecular complexity index is 817. The Hall–Kier alpha value is -2.47. The van der Waals surface area contributed by atoms with Gasteiger partial charge in [-0.25, -0.2) is 0 Å². The molecule has 3 rings (SSSR count). The summed E-state index contributed by atoms with van der Waals surface area (Å²) in [7, 11) is 2.98. The van der Waals surface area contributed by atoms with Crippen LogP contribution in [0.3, 0.4) is 0 Å². The molecule has 0 bridgehead atoms. The van der Waals surface area contributed by atoms with Gasteiger partial charge in [0.05, 0.1) is 14.2 Å². The predicted octanol–water partition coefficient (Wildman–Crippen LogP) is 2.80. The Morgan fingerprint density at radius 3 is 2.43 bits per heavy atom. The average Bonchev–Trinajstić information content (AvgIpc) is 2.89. The van der Waals surface area contributed by atoms with Gasteiger partial charge in [-0.05, 0) is 18.2 Å². The maximum Gasteiger partial charge on any atom is 0.162 e. The number of rotatable bonds is 3. The minimum absolute atomic E-state index is 0.0159. The number of ether oxygens (including phenoxy) is 2. The van der Waals surface area contributed by atoms with Gasteiger partial charge in [0.25, 0.3) is 0 Å². The molecule has 0 fully saturated rings. The Kier molecular flexibility index (Phi) is 3.31. The molecule has 0 aliphatic heterocycles. The van der Waals surface area contributed by atoms with Crippen LogP contribution in [0.5, 0.6) is 17.2 Å². The monoisotopic (exact) mass is 305 g/mol. The number of halogens is 1. The molecule has 108 valence electrons. The number of aromatic hydroxyl groups is 1. The average molecular weight is 306 g/mol. The standard InChI is InChI=1S/C14H12ClN3O3/c1-20-13-7-12(19)14(21-2)6-11(13)18-16-9-4-3-8(15)5-10(9)17-18/h3-7,19H,1-2H3. The molecule has 0 unspecified atom stereocenters. The molecule has 0 spiro atoms. The van der Waals surface area contributed by atoms with Crippen molar-refractivity contribution in [3.8, 4) is 22.9 Å². The number of hydrogen-bond donors (Lipinski definition) is 1. The minimum Gasteiger partial charge on any atom is -0.504 e. The van der Waals surface area contributed by atoms with Crippen LogP contribution in [-0.2, 0) is 0 Å². The number of fused-ring (bicyclic) bond motifs is 1. The number of phenolic OH excluding ortho intramolecular Hbond substituents is 1. The Morgan fingerprint density at radius 1 is 1.00 bits per heavy atom. The first-order valence-corrected chi connectivity index (χ1v) is 6.48. The fraction of sp³-hybridized carbons (Fsp3) is 0.143. The normalized spacial score (nSPS) is 10.8. The lowest BCUT2D eigenvalue weighted by molar-refractivity contribution is 0.364. The molecule has 0 aliphatic rings. The summed E-state index contributed by atoms with van der Waals surface area (Å²) in [4.78, 5) is 1.42. The van der Waals surface area contributed by atoms with Gasteiger partial charge >= 0.3 is 0 Å². The molecule has 1 aromatic heterocycles. The predicted molar refractivity (Wildman–Crippen MR) is 78.6 cm³/mol. The molecule has 1 N–H and O–H groups in total. The third-order valence-corrected chi connectivity index (χ3v) is 3.27. The number of nitrogens with zero attached hydrogens (tertiary/aromatic N) is 3. The van der Waals surface area contributed by atoms with Gasteiger partial charge < -0.3 is 14.6 Å². The molecule has 0 saturated heterocycles. The van der Waals surface area contributed by atoms with E-state index < -0.39 is 0 Å². The van der Waals surface area contributed by atoms with Crippen LogP contribution in [0.4, 0.5) is 0 Å². The van der Waals surface area contributed by atoms with Gasteiger partial charge in [0.15, 0.2) is 11.5 Å². The van der Waals surface area contributed by atoms with E-state index in [1.165, 1.54) is 25.1 Å². The van der Waals surface area contributed by atoms with Crippen LogP contribution in [0, 0.1) is 0 Å². The SMILES string of the molecule is COc1cc(-n2nc3ccc(Cl)cc3n2)c(OC)cc1O. The number of methoxy groups -OCH3 is 2. The zero-order valence-electron chi connectivity index (χ0n) is 11.4. The van der Waals surface area contributed by atoms with E-state index in [0.29, 0.717) is 33.2 Å². The molecule has 7 heteroatoms. The fourth-order valence-electron chi connectivity index (χ4n) is 2.02. The maximum absolute atomic E-state index is 9.80. The zero-order valence-corrected chi connectivity index (χ0v) is 12.1. The van der Waals surface area contributed by atoms with Crippen molar-refractivity contribution in [1.29, 1.82) is 0 Å². The third-order valence-electron chi connectivity index (χ3n) is 3.04. The highest BCUT2D eigenvalue weighted by Gasteiger charge is 2.15. The Balaban J connectivity index is 2.21. The second-order valence-electron chi connectivity index (χ2n) is 4.32. The van der Waals surface area contributed by atoms with Crippen LogP contribution in [0.15, 0.2) is 30.3 Å². The molecule has 0 aliphatic carbocycles. The molecular formula is C14H12ClN3O3. The van der Waals surface area contributed by atoms with Crippen molar-refractivity contribution in [3.63, 3.8) is 0 Å². The minimum atomic E-state index is -0.0159. The van der Waals surface area contributed by atoms with Gasteiger partial charge in [0.1, 0.15) is 22.5 Å². The first-order chi connectivity index (χ1) is 10.1. The van der Waals surface area contributed by atoms with Crippen molar-refractivity contribution in [2.45, 2.75) is 0 Å². The van der Waals surface area contributed by atoms with E-state index >= 15 is 0 Å². The van der Waals surface area contributed by atoms with Crippen LogP contribution >= 0.6 is 11.6 Å². The molecule has 0 atom stereocenters. The number of benzene rings is 2. The Morgan fingerprint density at radius 2 is 1.71 bits per heavy atom. The van der Waals surface area contributed by atoms with Gasteiger partial charge in [-0.15, -0.1) is 15.0 Å². The summed E-state index contributed by atoms with van der Waals surface area (Å²) in [5.41, 5.74) is 1.92.